The minimum absolute atomic E-state index is 0.0191. The maximum atomic E-state index is 14.1. The molecule has 2 unspecified atom stereocenters. The average molecular weight is 491 g/mol. The summed E-state index contributed by atoms with van der Waals surface area (Å²) in [5, 5.41) is 2.39. The van der Waals surface area contributed by atoms with E-state index < -0.39 is 11.7 Å². The van der Waals surface area contributed by atoms with Crippen LogP contribution in [0.4, 0.5) is 19.0 Å². The number of pyridine rings is 2. The van der Waals surface area contributed by atoms with E-state index in [1.165, 1.54) is 6.07 Å². The van der Waals surface area contributed by atoms with E-state index >= 15 is 0 Å². The maximum absolute atomic E-state index is 14.1. The van der Waals surface area contributed by atoms with E-state index in [4.69, 9.17) is 5.73 Å². The molecule has 36 heavy (non-hydrogen) atoms. The molecule has 5 nitrogen and oxygen atoms in total. The van der Waals surface area contributed by atoms with Gasteiger partial charge in [0.15, 0.2) is 0 Å². The van der Waals surface area contributed by atoms with Crippen LogP contribution in [-0.2, 0) is 12.6 Å². The SMILES string of the molecule is CC(C1CC1)N(C(=O)c1ccc2nc(N)c3ccncc3c2c1)C1CCc2cc(C(F)(F)F)ccc21. The van der Waals surface area contributed by atoms with Crippen LogP contribution in [0.1, 0.15) is 59.3 Å². The molecule has 4 aromatic rings. The predicted molar refractivity (Wildman–Crippen MR) is 132 cm³/mol. The van der Waals surface area contributed by atoms with Gasteiger partial charge >= 0.3 is 6.18 Å². The number of nitrogens with two attached hydrogens (primary N) is 1. The molecule has 2 aromatic carbocycles. The van der Waals surface area contributed by atoms with Crippen molar-refractivity contribution in [2.75, 3.05) is 5.73 Å². The molecule has 2 aliphatic rings. The quantitative estimate of drug-likeness (QED) is 0.340. The van der Waals surface area contributed by atoms with Gasteiger partial charge in [0.25, 0.3) is 5.91 Å². The fraction of sp³-hybridized carbons (Fsp3) is 0.321. The third-order valence-electron chi connectivity index (χ3n) is 7.70. The van der Waals surface area contributed by atoms with Gasteiger partial charge in [-0.05, 0) is 86.1 Å². The Balaban J connectivity index is 1.43. The number of hydrogen-bond donors (Lipinski definition) is 1. The molecule has 6 rings (SSSR count). The molecule has 2 aliphatic carbocycles. The van der Waals surface area contributed by atoms with Crippen LogP contribution in [0.5, 0.6) is 0 Å². The van der Waals surface area contributed by atoms with Crippen molar-refractivity contribution in [2.24, 2.45) is 5.92 Å². The third kappa shape index (κ3) is 3.75. The molecule has 0 saturated heterocycles. The summed E-state index contributed by atoms with van der Waals surface area (Å²) in [5.41, 5.74) is 8.17. The van der Waals surface area contributed by atoms with Gasteiger partial charge in [-0.2, -0.15) is 13.2 Å². The zero-order chi connectivity index (χ0) is 25.2. The van der Waals surface area contributed by atoms with Gasteiger partial charge in [-0.1, -0.05) is 6.07 Å². The molecule has 1 amide bonds. The number of benzene rings is 2. The second-order valence-corrected chi connectivity index (χ2v) is 9.91. The number of amides is 1. The molecule has 0 radical (unpaired) electrons. The Morgan fingerprint density at radius 3 is 2.61 bits per heavy atom. The predicted octanol–water partition coefficient (Wildman–Crippen LogP) is 6.31. The normalized spacial score (nSPS) is 18.4. The lowest BCUT2D eigenvalue weighted by Gasteiger charge is -2.36. The van der Waals surface area contributed by atoms with Gasteiger partial charge in [-0.15, -0.1) is 0 Å². The molecule has 1 saturated carbocycles. The second-order valence-electron chi connectivity index (χ2n) is 9.91. The molecule has 8 heteroatoms. The topological polar surface area (TPSA) is 72.1 Å². The Kier molecular flexibility index (Phi) is 5.17. The van der Waals surface area contributed by atoms with Crippen LogP contribution >= 0.6 is 0 Å². The van der Waals surface area contributed by atoms with Crippen molar-refractivity contribution in [3.8, 4) is 0 Å². The van der Waals surface area contributed by atoms with Crippen molar-refractivity contribution in [1.82, 2.24) is 14.9 Å². The fourth-order valence-corrected chi connectivity index (χ4v) is 5.63. The summed E-state index contributed by atoms with van der Waals surface area (Å²) in [6.07, 6.45) is 2.22. The Labute approximate surface area is 206 Å². The highest BCUT2D eigenvalue weighted by molar-refractivity contribution is 6.11. The summed E-state index contributed by atoms with van der Waals surface area (Å²) in [4.78, 5) is 24.7. The van der Waals surface area contributed by atoms with Crippen LogP contribution in [0.3, 0.4) is 0 Å². The number of aromatic nitrogens is 2. The zero-order valence-corrected chi connectivity index (χ0v) is 19.7. The molecule has 2 N–H and O–H groups in total. The van der Waals surface area contributed by atoms with Gasteiger partial charge in [0, 0.05) is 40.2 Å². The van der Waals surface area contributed by atoms with Crippen LogP contribution in [0.15, 0.2) is 54.9 Å². The van der Waals surface area contributed by atoms with E-state index in [1.807, 2.05) is 11.0 Å². The molecule has 0 bridgehead atoms. The number of hydrogen-bond acceptors (Lipinski definition) is 4. The Hall–Kier alpha value is -3.68. The fourth-order valence-electron chi connectivity index (χ4n) is 5.63. The first-order valence-electron chi connectivity index (χ1n) is 12.2. The molecule has 0 spiro atoms. The van der Waals surface area contributed by atoms with Gasteiger partial charge in [0.1, 0.15) is 5.82 Å². The van der Waals surface area contributed by atoms with E-state index in [9.17, 15) is 18.0 Å². The molecule has 2 atom stereocenters. The van der Waals surface area contributed by atoms with E-state index in [2.05, 4.69) is 16.9 Å². The molecule has 2 aromatic heterocycles. The smallest absolute Gasteiger partial charge is 0.383 e. The minimum Gasteiger partial charge on any atom is -0.383 e. The number of nitrogens with zero attached hydrogens (tertiary/aromatic N) is 3. The van der Waals surface area contributed by atoms with Gasteiger partial charge in [0.2, 0.25) is 0 Å². The number of halogens is 3. The van der Waals surface area contributed by atoms with Gasteiger partial charge in [-0.3, -0.25) is 9.78 Å². The summed E-state index contributed by atoms with van der Waals surface area (Å²) >= 11 is 0. The van der Waals surface area contributed by atoms with Crippen LogP contribution in [0.25, 0.3) is 21.7 Å². The molecular formula is C28H25F3N4O. The summed E-state index contributed by atoms with van der Waals surface area (Å²) < 4.78 is 39.9. The first kappa shape index (κ1) is 22.8. The van der Waals surface area contributed by atoms with E-state index in [-0.39, 0.29) is 18.0 Å². The van der Waals surface area contributed by atoms with Gasteiger partial charge in [0.05, 0.1) is 17.1 Å². The number of fused-ring (bicyclic) bond motifs is 4. The second kappa shape index (κ2) is 8.18. The standard InChI is InChI=1S/C28H25F3N4O/c1-15(16-2-3-16)35(25-9-5-17-12-19(28(29,30)31)6-7-20(17)25)27(36)18-4-8-24-22(13-18)23-14-33-11-10-21(23)26(32)34-24/h4,6-8,10-16,25H,2-3,5,9H2,1H3,(H2,32,34). The molecule has 1 fully saturated rings. The lowest BCUT2D eigenvalue weighted by atomic mass is 9.99. The number of alkyl halides is 3. The van der Waals surface area contributed by atoms with Crippen molar-refractivity contribution in [2.45, 2.75) is 50.9 Å². The Bertz CT molecular complexity index is 1510. The van der Waals surface area contributed by atoms with Crippen LogP contribution in [0.2, 0.25) is 0 Å². The lowest BCUT2D eigenvalue weighted by molar-refractivity contribution is -0.137. The first-order chi connectivity index (χ1) is 17.2. The molecular weight excluding hydrogens is 465 g/mol. The highest BCUT2D eigenvalue weighted by Crippen LogP contribution is 2.45. The Morgan fingerprint density at radius 1 is 1.06 bits per heavy atom. The van der Waals surface area contributed by atoms with Gasteiger partial charge in [-0.25, -0.2) is 4.98 Å². The Morgan fingerprint density at radius 2 is 1.86 bits per heavy atom. The summed E-state index contributed by atoms with van der Waals surface area (Å²) in [7, 11) is 0. The number of anilines is 1. The molecule has 0 aliphatic heterocycles. The summed E-state index contributed by atoms with van der Waals surface area (Å²) in [6, 6.07) is 10.8. The number of carbonyl (C=O) groups excluding carboxylic acids is 1. The largest absolute Gasteiger partial charge is 0.416 e. The van der Waals surface area contributed by atoms with Crippen LogP contribution < -0.4 is 5.73 Å². The van der Waals surface area contributed by atoms with Gasteiger partial charge < -0.3 is 10.6 Å². The third-order valence-corrected chi connectivity index (χ3v) is 7.70. The zero-order valence-electron chi connectivity index (χ0n) is 19.7. The van der Waals surface area contributed by atoms with Crippen molar-refractivity contribution < 1.29 is 18.0 Å². The van der Waals surface area contributed by atoms with E-state index in [0.29, 0.717) is 41.2 Å². The van der Waals surface area contributed by atoms with Crippen molar-refractivity contribution in [3.63, 3.8) is 0 Å². The summed E-state index contributed by atoms with van der Waals surface area (Å²) in [6.45, 7) is 2.06. The molecule has 2 heterocycles. The van der Waals surface area contributed by atoms with Crippen LogP contribution in [-0.4, -0.2) is 26.8 Å². The highest BCUT2D eigenvalue weighted by Gasteiger charge is 2.41. The lowest BCUT2D eigenvalue weighted by Crippen LogP contribution is -2.42. The highest BCUT2D eigenvalue weighted by atomic mass is 19.4. The van der Waals surface area contributed by atoms with Crippen molar-refractivity contribution in [1.29, 1.82) is 0 Å². The van der Waals surface area contributed by atoms with Crippen LogP contribution in [0, 0.1) is 5.92 Å². The monoisotopic (exact) mass is 490 g/mol. The summed E-state index contributed by atoms with van der Waals surface area (Å²) in [5.74, 6) is 0.686. The minimum atomic E-state index is -4.38. The number of carbonyl (C=O) groups is 1. The van der Waals surface area contributed by atoms with E-state index in [0.717, 1.165) is 40.6 Å². The average Bonchev–Trinajstić information content (AvgIpc) is 3.64. The van der Waals surface area contributed by atoms with Crippen molar-refractivity contribution in [3.05, 3.63) is 77.1 Å². The van der Waals surface area contributed by atoms with Crippen molar-refractivity contribution >= 4 is 33.4 Å². The maximum Gasteiger partial charge on any atom is 0.416 e. The molecule has 184 valence electrons. The first-order valence-corrected chi connectivity index (χ1v) is 12.2. The number of rotatable bonds is 4. The number of nitrogen functional groups attached to an aromatic ring is 1. The number of aryl methyl sites for hydroxylation is 1. The van der Waals surface area contributed by atoms with E-state index in [1.54, 1.807) is 36.7 Å².